The van der Waals surface area contributed by atoms with E-state index in [-0.39, 0.29) is 16.5 Å². The van der Waals surface area contributed by atoms with E-state index in [1.165, 1.54) is 38.1 Å². The Morgan fingerprint density at radius 2 is 1.90 bits per heavy atom. The number of carbonyl (C=O) groups is 1. The number of esters is 1. The summed E-state index contributed by atoms with van der Waals surface area (Å²) in [5.74, 6) is -8.32. The number of ether oxygens (including phenoxy) is 2. The largest absolute Gasteiger partial charge is 0.462 e. The summed E-state index contributed by atoms with van der Waals surface area (Å²) in [5.41, 5.74) is -0.398. The van der Waals surface area contributed by atoms with E-state index in [1.54, 1.807) is 6.07 Å². The van der Waals surface area contributed by atoms with E-state index in [9.17, 15) is 32.4 Å². The topological polar surface area (TPSA) is 164 Å². The number of aromatic nitrogens is 2. The number of benzene rings is 1. The molecule has 1 aromatic heterocycles. The van der Waals surface area contributed by atoms with Crippen molar-refractivity contribution in [2.24, 2.45) is 0 Å². The van der Waals surface area contributed by atoms with Crippen LogP contribution in [0.15, 0.2) is 41.3 Å². The Labute approximate surface area is 223 Å². The van der Waals surface area contributed by atoms with Crippen molar-refractivity contribution in [3.63, 3.8) is 0 Å². The minimum absolute atomic E-state index is 0.0106. The molecule has 0 aliphatic carbocycles. The number of rotatable bonds is 11. The van der Waals surface area contributed by atoms with Crippen LogP contribution in [0, 0.1) is 5.82 Å². The minimum atomic E-state index is -4.96. The molecule has 40 heavy (non-hydrogen) atoms. The van der Waals surface area contributed by atoms with E-state index in [1.807, 2.05) is 0 Å². The summed E-state index contributed by atoms with van der Waals surface area (Å²) in [7, 11) is -4.96. The van der Waals surface area contributed by atoms with E-state index in [0.29, 0.717) is 0 Å². The molecule has 1 saturated heterocycles. The van der Waals surface area contributed by atoms with Gasteiger partial charge in [0, 0.05) is 0 Å². The third-order valence-corrected chi connectivity index (χ3v) is 7.20. The monoisotopic (exact) mass is 600 g/mol. The van der Waals surface area contributed by atoms with Crippen LogP contribution in [0.1, 0.15) is 27.0 Å². The van der Waals surface area contributed by atoms with Gasteiger partial charge in [0.1, 0.15) is 11.8 Å². The van der Waals surface area contributed by atoms with Crippen molar-refractivity contribution in [3.05, 3.63) is 52.8 Å². The van der Waals surface area contributed by atoms with Gasteiger partial charge in [-0.1, -0.05) is 18.2 Å². The van der Waals surface area contributed by atoms with Gasteiger partial charge < -0.3 is 24.8 Å². The van der Waals surface area contributed by atoms with Gasteiger partial charge in [0.05, 0.1) is 18.9 Å². The van der Waals surface area contributed by atoms with Crippen molar-refractivity contribution in [2.45, 2.75) is 63.2 Å². The summed E-state index contributed by atoms with van der Waals surface area (Å²) in [4.78, 5) is 27.4. The van der Waals surface area contributed by atoms with Crippen molar-refractivity contribution in [3.8, 4) is 5.75 Å². The molecule has 0 bridgehead atoms. The fraction of sp³-hybridized carbons (Fsp3) is 0.500. The molecular formula is C22H26F5N4O8P. The minimum Gasteiger partial charge on any atom is -0.462 e. The van der Waals surface area contributed by atoms with Crippen LogP contribution >= 0.6 is 7.75 Å². The summed E-state index contributed by atoms with van der Waals surface area (Å²) >= 11 is 0. The Hall–Kier alpha value is -3.11. The highest BCUT2D eigenvalue weighted by atomic mass is 31.2. The summed E-state index contributed by atoms with van der Waals surface area (Å²) in [5, 5.41) is 12.4. The lowest BCUT2D eigenvalue weighted by Crippen LogP contribution is -2.57. The highest BCUT2D eigenvalue weighted by Crippen LogP contribution is 2.54. The molecule has 4 N–H and O–H groups in total. The zero-order valence-electron chi connectivity index (χ0n) is 21.2. The van der Waals surface area contributed by atoms with Gasteiger partial charge in [-0.15, -0.1) is 0 Å². The summed E-state index contributed by atoms with van der Waals surface area (Å²) in [6, 6.07) is 5.50. The molecule has 1 aromatic carbocycles. The van der Waals surface area contributed by atoms with Gasteiger partial charge in [-0.3, -0.25) is 13.9 Å². The van der Waals surface area contributed by atoms with Gasteiger partial charge in [0.15, 0.2) is 24.0 Å². The molecule has 2 heterocycles. The first-order chi connectivity index (χ1) is 18.5. The third kappa shape index (κ3) is 6.28. The molecule has 0 amide bonds. The second-order valence-corrected chi connectivity index (χ2v) is 10.6. The summed E-state index contributed by atoms with van der Waals surface area (Å²) < 4.78 is 107. The SMILES string of the molecule is CC(C)OC(=O)[C@H](C)N[P@](=O)(OC[C@@]1(C(F)F)O[C@@H](n2cc(F)c(N)nc2=O)[C@@H](O)C1(F)F)Oc1ccccc1. The maximum atomic E-state index is 15.3. The Balaban J connectivity index is 1.97. The molecule has 18 heteroatoms. The van der Waals surface area contributed by atoms with Gasteiger partial charge >= 0.3 is 25.3 Å². The second kappa shape index (κ2) is 11.8. The molecule has 12 nitrogen and oxygen atoms in total. The fourth-order valence-electron chi connectivity index (χ4n) is 3.54. The zero-order chi connectivity index (χ0) is 30.0. The Morgan fingerprint density at radius 1 is 1.27 bits per heavy atom. The first-order valence-corrected chi connectivity index (χ1v) is 13.1. The quantitative estimate of drug-likeness (QED) is 0.197. The van der Waals surface area contributed by atoms with E-state index in [0.717, 1.165) is 6.92 Å². The molecule has 0 unspecified atom stereocenters. The fourth-order valence-corrected chi connectivity index (χ4v) is 5.06. The number of halogens is 5. The van der Waals surface area contributed by atoms with Crippen LogP contribution in [0.3, 0.4) is 0 Å². The van der Waals surface area contributed by atoms with Crippen LogP contribution in [0.5, 0.6) is 5.75 Å². The number of carbonyl (C=O) groups excluding carboxylic acids is 1. The number of nitrogen functional groups attached to an aromatic ring is 1. The number of para-hydroxylation sites is 1. The number of nitrogens with zero attached hydrogens (tertiary/aromatic N) is 2. The lowest BCUT2D eigenvalue weighted by molar-refractivity contribution is -0.242. The van der Waals surface area contributed by atoms with Crippen LogP contribution in [0.4, 0.5) is 27.8 Å². The number of aliphatic hydroxyl groups is 1. The highest BCUT2D eigenvalue weighted by molar-refractivity contribution is 7.52. The van der Waals surface area contributed by atoms with Gasteiger partial charge in [-0.2, -0.15) is 18.9 Å². The molecule has 3 rings (SSSR count). The Morgan fingerprint density at radius 3 is 2.48 bits per heavy atom. The Bertz CT molecular complexity index is 1320. The number of hydrogen-bond acceptors (Lipinski definition) is 10. The summed E-state index contributed by atoms with van der Waals surface area (Å²) in [6.07, 6.45) is -10.3. The van der Waals surface area contributed by atoms with Crippen molar-refractivity contribution in [1.82, 2.24) is 14.6 Å². The first kappa shape index (κ1) is 31.4. The molecule has 1 aliphatic heterocycles. The average molecular weight is 600 g/mol. The lowest BCUT2D eigenvalue weighted by Gasteiger charge is -2.34. The van der Waals surface area contributed by atoms with E-state index in [2.05, 4.69) is 10.1 Å². The summed E-state index contributed by atoms with van der Waals surface area (Å²) in [6.45, 7) is 2.28. The highest BCUT2D eigenvalue weighted by Gasteiger charge is 2.74. The lowest BCUT2D eigenvalue weighted by atomic mass is 9.95. The maximum absolute atomic E-state index is 15.3. The van der Waals surface area contributed by atoms with E-state index >= 15 is 8.78 Å². The van der Waals surface area contributed by atoms with E-state index < -0.39 is 80.1 Å². The normalized spacial score (nSPS) is 24.6. The van der Waals surface area contributed by atoms with Gasteiger partial charge in [-0.25, -0.2) is 22.5 Å². The molecule has 2 aromatic rings. The number of anilines is 1. The third-order valence-electron chi connectivity index (χ3n) is 5.57. The standard InChI is InChI=1S/C22H26F5N4O8P/c1-11(2)37-18(33)12(3)30-40(35,39-13-7-5-4-6-8-13)36-10-21(19(24)25)22(26,27)15(32)17(38-21)31-9-14(23)16(28)29-20(31)34/h4-9,11-12,15,17,19,32H,10H2,1-3H3,(H,30,35)(H2,28,29,34)/t12-,15+,17+,21-,40-/m0/s1. The molecule has 222 valence electrons. The predicted molar refractivity (Wildman–Crippen MR) is 127 cm³/mol. The molecule has 1 aliphatic rings. The van der Waals surface area contributed by atoms with Crippen molar-refractivity contribution in [2.75, 3.05) is 12.3 Å². The van der Waals surface area contributed by atoms with Crippen LogP contribution in [-0.2, 0) is 23.4 Å². The van der Waals surface area contributed by atoms with Gasteiger partial charge in [0.25, 0.3) is 6.43 Å². The van der Waals surface area contributed by atoms with Gasteiger partial charge in [0.2, 0.25) is 5.60 Å². The molecule has 1 fully saturated rings. The van der Waals surface area contributed by atoms with Gasteiger partial charge in [-0.05, 0) is 32.9 Å². The molecular weight excluding hydrogens is 574 g/mol. The number of nitrogens with one attached hydrogen (secondary N) is 1. The van der Waals surface area contributed by atoms with Crippen LogP contribution in [0.25, 0.3) is 0 Å². The molecule has 0 spiro atoms. The molecule has 0 radical (unpaired) electrons. The number of aliphatic hydroxyl groups excluding tert-OH is 1. The zero-order valence-corrected chi connectivity index (χ0v) is 22.1. The first-order valence-electron chi connectivity index (χ1n) is 11.6. The van der Waals surface area contributed by atoms with Crippen LogP contribution < -0.4 is 21.0 Å². The smallest absolute Gasteiger partial charge is 0.459 e. The molecule has 5 atom stereocenters. The molecule has 0 saturated carbocycles. The predicted octanol–water partition coefficient (Wildman–Crippen LogP) is 2.63. The van der Waals surface area contributed by atoms with E-state index in [4.69, 9.17) is 24.3 Å². The number of alkyl halides is 4. The van der Waals surface area contributed by atoms with Crippen molar-refractivity contribution >= 4 is 19.5 Å². The van der Waals surface area contributed by atoms with Crippen LogP contribution in [-0.4, -0.2) is 63.4 Å². The maximum Gasteiger partial charge on any atom is 0.459 e. The van der Waals surface area contributed by atoms with Crippen LogP contribution in [0.2, 0.25) is 0 Å². The van der Waals surface area contributed by atoms with Crippen molar-refractivity contribution in [1.29, 1.82) is 0 Å². The Kier molecular flexibility index (Phi) is 9.26. The number of nitrogens with two attached hydrogens (primary N) is 1. The second-order valence-electron chi connectivity index (χ2n) is 8.94. The number of hydrogen-bond donors (Lipinski definition) is 3. The average Bonchev–Trinajstić information content (AvgIpc) is 3.06. The van der Waals surface area contributed by atoms with Crippen molar-refractivity contribution < 1.29 is 54.9 Å².